The van der Waals surface area contributed by atoms with Crippen molar-refractivity contribution in [2.45, 2.75) is 12.0 Å². The van der Waals surface area contributed by atoms with E-state index in [0.717, 1.165) is 19.2 Å². The molecular formula is C16H14ClF2N3O3. The van der Waals surface area contributed by atoms with Crippen molar-refractivity contribution in [3.63, 3.8) is 0 Å². The van der Waals surface area contributed by atoms with E-state index >= 15 is 0 Å². The first-order valence-corrected chi connectivity index (χ1v) is 7.70. The molecule has 0 aliphatic carbocycles. The highest BCUT2D eigenvalue weighted by Crippen LogP contribution is 2.41. The van der Waals surface area contributed by atoms with E-state index in [2.05, 4.69) is 20.4 Å². The van der Waals surface area contributed by atoms with Crippen LogP contribution in [0.25, 0.3) is 0 Å². The van der Waals surface area contributed by atoms with Crippen molar-refractivity contribution >= 4 is 29.2 Å². The van der Waals surface area contributed by atoms with Gasteiger partial charge in [0.15, 0.2) is 5.82 Å². The SMILES string of the molecule is COC(=O)Nc1ccc(F)c(C(O)C2CNc3ncc(Cl)cc32)c1F. The van der Waals surface area contributed by atoms with Crippen molar-refractivity contribution in [3.05, 3.63) is 52.2 Å². The summed E-state index contributed by atoms with van der Waals surface area (Å²) in [5.41, 5.74) is -0.281. The van der Waals surface area contributed by atoms with Crippen LogP contribution in [-0.2, 0) is 4.74 Å². The van der Waals surface area contributed by atoms with E-state index in [9.17, 15) is 18.7 Å². The molecule has 3 N–H and O–H groups in total. The number of amides is 1. The number of aliphatic hydroxyl groups is 1. The van der Waals surface area contributed by atoms with Crippen molar-refractivity contribution in [2.75, 3.05) is 24.3 Å². The van der Waals surface area contributed by atoms with Gasteiger partial charge in [0.2, 0.25) is 0 Å². The number of pyridine rings is 1. The van der Waals surface area contributed by atoms with Gasteiger partial charge in [0.1, 0.15) is 11.6 Å². The molecule has 1 aliphatic heterocycles. The van der Waals surface area contributed by atoms with Crippen molar-refractivity contribution in [1.29, 1.82) is 0 Å². The van der Waals surface area contributed by atoms with Gasteiger partial charge in [-0.3, -0.25) is 5.32 Å². The van der Waals surface area contributed by atoms with Gasteiger partial charge in [-0.2, -0.15) is 0 Å². The van der Waals surface area contributed by atoms with Crippen LogP contribution in [0.4, 0.5) is 25.1 Å². The molecule has 3 rings (SSSR count). The van der Waals surface area contributed by atoms with E-state index in [4.69, 9.17) is 11.6 Å². The molecule has 1 aliphatic rings. The Morgan fingerprint density at radius 2 is 2.28 bits per heavy atom. The average molecular weight is 370 g/mol. The number of carbonyl (C=O) groups excluding carboxylic acids is 1. The maximum Gasteiger partial charge on any atom is 0.411 e. The van der Waals surface area contributed by atoms with Crippen LogP contribution in [0.1, 0.15) is 23.1 Å². The molecule has 0 bridgehead atoms. The van der Waals surface area contributed by atoms with Gasteiger partial charge in [-0.15, -0.1) is 0 Å². The van der Waals surface area contributed by atoms with Gasteiger partial charge in [0.25, 0.3) is 0 Å². The molecule has 0 saturated heterocycles. The normalized spacial score (nSPS) is 16.8. The van der Waals surface area contributed by atoms with Gasteiger partial charge < -0.3 is 15.2 Å². The monoisotopic (exact) mass is 369 g/mol. The lowest BCUT2D eigenvalue weighted by molar-refractivity contribution is 0.142. The maximum atomic E-state index is 14.7. The highest BCUT2D eigenvalue weighted by molar-refractivity contribution is 6.30. The second kappa shape index (κ2) is 6.81. The van der Waals surface area contributed by atoms with Crippen LogP contribution in [0.2, 0.25) is 5.02 Å². The molecule has 1 aromatic carbocycles. The van der Waals surface area contributed by atoms with Gasteiger partial charge in [0, 0.05) is 24.2 Å². The summed E-state index contributed by atoms with van der Waals surface area (Å²) in [5, 5.41) is 16.0. The molecule has 2 atom stereocenters. The Morgan fingerprint density at radius 3 is 3.00 bits per heavy atom. The van der Waals surface area contributed by atoms with Crippen LogP contribution in [0.5, 0.6) is 0 Å². The largest absolute Gasteiger partial charge is 0.453 e. The zero-order valence-corrected chi connectivity index (χ0v) is 13.8. The Bertz CT molecular complexity index is 835. The first kappa shape index (κ1) is 17.4. The molecule has 9 heteroatoms. The van der Waals surface area contributed by atoms with Gasteiger partial charge in [0.05, 0.1) is 29.5 Å². The quantitative estimate of drug-likeness (QED) is 0.772. The molecule has 25 heavy (non-hydrogen) atoms. The van der Waals surface area contributed by atoms with E-state index in [-0.39, 0.29) is 12.2 Å². The fraction of sp³-hybridized carbons (Fsp3) is 0.250. The number of carbonyl (C=O) groups is 1. The van der Waals surface area contributed by atoms with E-state index < -0.39 is 35.3 Å². The van der Waals surface area contributed by atoms with E-state index in [1.807, 2.05) is 0 Å². The number of hydrogen-bond donors (Lipinski definition) is 3. The number of nitrogens with one attached hydrogen (secondary N) is 2. The number of hydrogen-bond acceptors (Lipinski definition) is 5. The summed E-state index contributed by atoms with van der Waals surface area (Å²) >= 11 is 5.92. The number of aliphatic hydroxyl groups excluding tert-OH is 1. The van der Waals surface area contributed by atoms with Gasteiger partial charge in [-0.05, 0) is 18.2 Å². The number of methoxy groups -OCH3 is 1. The third kappa shape index (κ3) is 3.22. The number of anilines is 2. The molecule has 0 saturated carbocycles. The molecule has 1 amide bonds. The lowest BCUT2D eigenvalue weighted by Crippen LogP contribution is -2.18. The van der Waals surface area contributed by atoms with Crippen LogP contribution in [0, 0.1) is 11.6 Å². The number of aromatic nitrogens is 1. The lowest BCUT2D eigenvalue weighted by Gasteiger charge is -2.21. The number of benzene rings is 1. The maximum absolute atomic E-state index is 14.7. The van der Waals surface area contributed by atoms with Gasteiger partial charge >= 0.3 is 6.09 Å². The standard InChI is InChI=1S/C16H14ClF2N3O3/c1-25-16(24)22-11-3-2-10(18)12(13(11)19)14(23)9-6-21-15-8(9)4-7(17)5-20-15/h2-5,9,14,23H,6H2,1H3,(H,20,21)(H,22,24). The lowest BCUT2D eigenvalue weighted by atomic mass is 9.90. The minimum Gasteiger partial charge on any atom is -0.453 e. The molecule has 1 aromatic heterocycles. The minimum atomic E-state index is -1.51. The molecule has 0 spiro atoms. The second-order valence-electron chi connectivity index (χ2n) is 5.46. The number of fused-ring (bicyclic) bond motifs is 1. The Morgan fingerprint density at radius 1 is 1.52 bits per heavy atom. The highest BCUT2D eigenvalue weighted by atomic mass is 35.5. The third-order valence-electron chi connectivity index (χ3n) is 4.00. The Hall–Kier alpha value is -2.45. The molecule has 132 valence electrons. The van der Waals surface area contributed by atoms with Crippen LogP contribution in [0.15, 0.2) is 24.4 Å². The van der Waals surface area contributed by atoms with Crippen molar-refractivity contribution in [2.24, 2.45) is 0 Å². The van der Waals surface area contributed by atoms with Crippen molar-refractivity contribution < 1.29 is 23.4 Å². The number of halogens is 3. The van der Waals surface area contributed by atoms with E-state index in [1.165, 1.54) is 6.20 Å². The third-order valence-corrected chi connectivity index (χ3v) is 4.20. The first-order chi connectivity index (χ1) is 11.9. The molecule has 2 aromatic rings. The average Bonchev–Trinajstić information content (AvgIpc) is 3.00. The highest BCUT2D eigenvalue weighted by Gasteiger charge is 2.34. The number of ether oxygens (including phenoxy) is 1. The fourth-order valence-electron chi connectivity index (χ4n) is 2.78. The smallest absolute Gasteiger partial charge is 0.411 e. The Kier molecular flexibility index (Phi) is 4.73. The second-order valence-corrected chi connectivity index (χ2v) is 5.90. The summed E-state index contributed by atoms with van der Waals surface area (Å²) in [6, 6.07) is 3.60. The molecule has 0 fully saturated rings. The Labute approximate surface area is 146 Å². The first-order valence-electron chi connectivity index (χ1n) is 7.32. The zero-order chi connectivity index (χ0) is 18.1. The van der Waals surface area contributed by atoms with Crippen LogP contribution in [-0.4, -0.2) is 29.8 Å². The fourth-order valence-corrected chi connectivity index (χ4v) is 2.95. The van der Waals surface area contributed by atoms with E-state index in [1.54, 1.807) is 6.07 Å². The topological polar surface area (TPSA) is 83.5 Å². The Balaban J connectivity index is 1.98. The van der Waals surface area contributed by atoms with E-state index in [0.29, 0.717) is 16.4 Å². The van der Waals surface area contributed by atoms with Gasteiger partial charge in [-0.25, -0.2) is 18.6 Å². The molecule has 2 heterocycles. The minimum absolute atomic E-state index is 0.234. The van der Waals surface area contributed by atoms with Crippen LogP contribution >= 0.6 is 11.6 Å². The molecule has 2 unspecified atom stereocenters. The zero-order valence-electron chi connectivity index (χ0n) is 13.0. The van der Waals surface area contributed by atoms with Crippen LogP contribution in [0.3, 0.4) is 0 Å². The predicted molar refractivity (Wildman–Crippen MR) is 87.8 cm³/mol. The number of nitrogens with zero attached hydrogens (tertiary/aromatic N) is 1. The molecule has 0 radical (unpaired) electrons. The summed E-state index contributed by atoms with van der Waals surface area (Å²) in [6.07, 6.45) is -0.979. The molecule has 6 nitrogen and oxygen atoms in total. The predicted octanol–water partition coefficient (Wildman–Crippen LogP) is 3.43. The van der Waals surface area contributed by atoms with Crippen LogP contribution < -0.4 is 10.6 Å². The summed E-state index contributed by atoms with van der Waals surface area (Å²) in [5.74, 6) is -2.15. The van der Waals surface area contributed by atoms with Crippen molar-refractivity contribution in [1.82, 2.24) is 4.98 Å². The summed E-state index contributed by atoms with van der Waals surface area (Å²) < 4.78 is 33.3. The molecular weight excluding hydrogens is 356 g/mol. The summed E-state index contributed by atoms with van der Waals surface area (Å²) in [7, 11) is 1.12. The summed E-state index contributed by atoms with van der Waals surface area (Å²) in [4.78, 5) is 15.4. The van der Waals surface area contributed by atoms with Gasteiger partial charge in [-0.1, -0.05) is 11.6 Å². The number of rotatable bonds is 3. The van der Waals surface area contributed by atoms with Crippen molar-refractivity contribution in [3.8, 4) is 0 Å². The summed E-state index contributed by atoms with van der Waals surface area (Å²) in [6.45, 7) is 0.234.